The van der Waals surface area contributed by atoms with Crippen molar-refractivity contribution in [3.63, 3.8) is 0 Å². The molecule has 110 valence electrons. The van der Waals surface area contributed by atoms with E-state index in [1.165, 1.54) is 6.20 Å². The highest BCUT2D eigenvalue weighted by molar-refractivity contribution is 7.11. The molecule has 1 aromatic rings. The van der Waals surface area contributed by atoms with E-state index < -0.39 is 11.2 Å². The van der Waals surface area contributed by atoms with Crippen molar-refractivity contribution < 1.29 is 13.2 Å². The van der Waals surface area contributed by atoms with E-state index in [9.17, 15) is 13.2 Å². The fraction of sp³-hybridized carbons (Fsp3) is 0.769. The first-order chi connectivity index (χ1) is 8.77. The molecule has 2 atom stereocenters. The summed E-state index contributed by atoms with van der Waals surface area (Å²) >= 11 is 0.745. The average Bonchev–Trinajstić information content (AvgIpc) is 2.78. The first-order valence-electron chi connectivity index (χ1n) is 6.53. The van der Waals surface area contributed by atoms with Crippen LogP contribution in [0.3, 0.4) is 0 Å². The summed E-state index contributed by atoms with van der Waals surface area (Å²) in [4.78, 5) is 4.18. The Morgan fingerprint density at radius 3 is 2.37 bits per heavy atom. The monoisotopic (exact) mass is 294 g/mol. The highest BCUT2D eigenvalue weighted by atomic mass is 32.1. The van der Waals surface area contributed by atoms with Crippen molar-refractivity contribution in [3.8, 4) is 0 Å². The van der Waals surface area contributed by atoms with Gasteiger partial charge in [-0.25, -0.2) is 4.98 Å². The quantitative estimate of drug-likeness (QED) is 0.836. The van der Waals surface area contributed by atoms with Crippen molar-refractivity contribution in [2.75, 3.05) is 6.54 Å². The maximum absolute atomic E-state index is 12.6. The van der Waals surface area contributed by atoms with E-state index >= 15 is 0 Å². The largest absolute Gasteiger partial charge is 0.443 e. The van der Waals surface area contributed by atoms with Gasteiger partial charge in [0.1, 0.15) is 0 Å². The van der Waals surface area contributed by atoms with Gasteiger partial charge in [0.15, 0.2) is 5.01 Å². The number of hydrogen-bond acceptors (Lipinski definition) is 3. The van der Waals surface area contributed by atoms with Crippen molar-refractivity contribution >= 4 is 11.3 Å². The Labute approximate surface area is 116 Å². The molecule has 0 aromatic carbocycles. The summed E-state index contributed by atoms with van der Waals surface area (Å²) in [6.45, 7) is 9.05. The highest BCUT2D eigenvalue weighted by Crippen LogP contribution is 2.37. The molecule has 0 aliphatic rings. The van der Waals surface area contributed by atoms with E-state index in [-0.39, 0.29) is 12.0 Å². The molecule has 1 rings (SSSR count). The van der Waals surface area contributed by atoms with Crippen LogP contribution in [0.1, 0.15) is 50.0 Å². The third-order valence-electron chi connectivity index (χ3n) is 3.26. The molecule has 0 fully saturated rings. The van der Waals surface area contributed by atoms with Crippen molar-refractivity contribution in [2.24, 2.45) is 11.8 Å². The van der Waals surface area contributed by atoms with E-state index in [0.29, 0.717) is 10.8 Å². The molecule has 0 amide bonds. The molecule has 2 unspecified atom stereocenters. The Bertz CT molecular complexity index is 387. The Morgan fingerprint density at radius 1 is 1.32 bits per heavy atom. The number of thiazole rings is 1. The lowest BCUT2D eigenvalue weighted by Crippen LogP contribution is -2.29. The predicted molar refractivity (Wildman–Crippen MR) is 72.2 cm³/mol. The Balaban J connectivity index is 2.94. The van der Waals surface area contributed by atoms with Gasteiger partial charge < -0.3 is 5.32 Å². The van der Waals surface area contributed by atoms with Crippen LogP contribution in [-0.4, -0.2) is 11.5 Å². The molecule has 0 aliphatic carbocycles. The number of rotatable bonds is 6. The molecule has 0 radical (unpaired) electrons. The summed E-state index contributed by atoms with van der Waals surface area (Å²) in [5.74, 6) is 0.652. The van der Waals surface area contributed by atoms with Crippen LogP contribution in [0.25, 0.3) is 0 Å². The van der Waals surface area contributed by atoms with Gasteiger partial charge >= 0.3 is 6.18 Å². The summed E-state index contributed by atoms with van der Waals surface area (Å²) in [5.41, 5.74) is 0. The molecule has 1 heterocycles. The van der Waals surface area contributed by atoms with Crippen LogP contribution < -0.4 is 5.32 Å². The van der Waals surface area contributed by atoms with Crippen LogP contribution in [-0.2, 0) is 6.18 Å². The third-order valence-corrected chi connectivity index (χ3v) is 4.39. The minimum Gasteiger partial charge on any atom is -0.309 e. The molecular weight excluding hydrogens is 273 g/mol. The lowest BCUT2D eigenvalue weighted by Gasteiger charge is -2.27. The van der Waals surface area contributed by atoms with Crippen LogP contribution >= 0.6 is 11.3 Å². The zero-order valence-corrected chi connectivity index (χ0v) is 12.5. The van der Waals surface area contributed by atoms with Crippen molar-refractivity contribution in [1.82, 2.24) is 10.3 Å². The van der Waals surface area contributed by atoms with E-state index in [1.807, 2.05) is 6.92 Å². The van der Waals surface area contributed by atoms with Crippen molar-refractivity contribution in [1.29, 1.82) is 0 Å². The van der Waals surface area contributed by atoms with E-state index in [1.54, 1.807) is 0 Å². The van der Waals surface area contributed by atoms with Crippen molar-refractivity contribution in [3.05, 3.63) is 16.1 Å². The molecule has 1 N–H and O–H groups in total. The molecule has 2 nitrogen and oxygen atoms in total. The minimum atomic E-state index is -4.35. The van der Waals surface area contributed by atoms with Crippen molar-refractivity contribution in [2.45, 2.75) is 46.3 Å². The van der Waals surface area contributed by atoms with Gasteiger partial charge in [0.05, 0.1) is 0 Å². The Hall–Kier alpha value is -0.620. The van der Waals surface area contributed by atoms with Gasteiger partial charge in [-0.1, -0.05) is 27.7 Å². The topological polar surface area (TPSA) is 24.9 Å². The Morgan fingerprint density at radius 2 is 1.95 bits per heavy atom. The first kappa shape index (κ1) is 16.4. The third kappa shape index (κ3) is 4.45. The van der Waals surface area contributed by atoms with Crippen LogP contribution in [0.4, 0.5) is 13.2 Å². The number of nitrogens with zero attached hydrogens (tertiary/aromatic N) is 1. The molecule has 1 aromatic heterocycles. The maximum Gasteiger partial charge on any atom is 0.443 e. The molecule has 0 spiro atoms. The Kier molecular flexibility index (Phi) is 5.80. The second kappa shape index (κ2) is 6.70. The SMILES string of the molecule is CCCNC(c1cnc(C(F)(F)F)s1)C(C)C(C)C. The minimum absolute atomic E-state index is 0.0615. The van der Waals surface area contributed by atoms with E-state index in [2.05, 4.69) is 31.1 Å². The number of hydrogen-bond donors (Lipinski definition) is 1. The highest BCUT2D eigenvalue weighted by Gasteiger charge is 2.36. The molecule has 6 heteroatoms. The maximum atomic E-state index is 12.6. The predicted octanol–water partition coefficient (Wildman–Crippen LogP) is 4.49. The van der Waals surface area contributed by atoms with Crippen LogP contribution in [0, 0.1) is 11.8 Å². The van der Waals surface area contributed by atoms with Crippen LogP contribution in [0.15, 0.2) is 6.20 Å². The number of alkyl halides is 3. The standard InChI is InChI=1S/C13H21F3N2S/c1-5-6-17-11(9(4)8(2)3)10-7-18-12(19-10)13(14,15)16/h7-9,11,17H,5-6H2,1-4H3. The van der Waals surface area contributed by atoms with Gasteiger partial charge in [0, 0.05) is 17.1 Å². The normalized spacial score (nSPS) is 15.8. The molecule has 0 saturated heterocycles. The zero-order chi connectivity index (χ0) is 14.6. The second-order valence-electron chi connectivity index (χ2n) is 5.10. The summed E-state index contributed by atoms with van der Waals surface area (Å²) in [5, 5.41) is 2.57. The number of nitrogens with one attached hydrogen (secondary N) is 1. The molecule has 0 bridgehead atoms. The fourth-order valence-corrected chi connectivity index (χ4v) is 2.77. The first-order valence-corrected chi connectivity index (χ1v) is 7.35. The number of aromatic nitrogens is 1. The van der Waals surface area contributed by atoms with Gasteiger partial charge in [-0.3, -0.25) is 0 Å². The molecular formula is C13H21F3N2S. The zero-order valence-electron chi connectivity index (χ0n) is 11.7. The van der Waals surface area contributed by atoms with E-state index in [4.69, 9.17) is 0 Å². The summed E-state index contributed by atoms with van der Waals surface area (Å²) in [6, 6.07) is -0.0615. The summed E-state index contributed by atoms with van der Waals surface area (Å²) < 4.78 is 37.8. The lowest BCUT2D eigenvalue weighted by atomic mass is 9.89. The summed E-state index contributed by atoms with van der Waals surface area (Å²) in [7, 11) is 0. The lowest BCUT2D eigenvalue weighted by molar-refractivity contribution is -0.137. The smallest absolute Gasteiger partial charge is 0.309 e. The van der Waals surface area contributed by atoms with Crippen LogP contribution in [0.2, 0.25) is 0 Å². The van der Waals surface area contributed by atoms with Gasteiger partial charge in [-0.15, -0.1) is 11.3 Å². The van der Waals surface area contributed by atoms with Gasteiger partial charge in [-0.2, -0.15) is 13.2 Å². The molecule has 0 saturated carbocycles. The van der Waals surface area contributed by atoms with Crippen LogP contribution in [0.5, 0.6) is 0 Å². The van der Waals surface area contributed by atoms with E-state index in [0.717, 1.165) is 24.3 Å². The second-order valence-corrected chi connectivity index (χ2v) is 6.16. The molecule has 19 heavy (non-hydrogen) atoms. The average molecular weight is 294 g/mol. The molecule has 0 aliphatic heterocycles. The fourth-order valence-electron chi connectivity index (χ4n) is 1.79. The summed E-state index contributed by atoms with van der Waals surface area (Å²) in [6.07, 6.45) is -2.04. The van der Waals surface area contributed by atoms with Gasteiger partial charge in [-0.05, 0) is 24.8 Å². The van der Waals surface area contributed by atoms with Gasteiger partial charge in [0.25, 0.3) is 0 Å². The number of halogens is 3. The van der Waals surface area contributed by atoms with Gasteiger partial charge in [0.2, 0.25) is 0 Å².